The first-order valence-corrected chi connectivity index (χ1v) is 5.75. The molecule has 1 heterocycles. The number of alkyl halides is 1. The van der Waals surface area contributed by atoms with Crippen LogP contribution in [-0.4, -0.2) is 5.33 Å². The van der Waals surface area contributed by atoms with Gasteiger partial charge in [-0.15, -0.1) is 0 Å². The molecule has 0 radical (unpaired) electrons. The number of hydrogen-bond acceptors (Lipinski definition) is 1. The molecule has 0 saturated heterocycles. The van der Waals surface area contributed by atoms with Crippen molar-refractivity contribution in [2.45, 2.75) is 20.3 Å². The van der Waals surface area contributed by atoms with E-state index in [4.69, 9.17) is 4.42 Å². The zero-order valence-corrected chi connectivity index (χ0v) is 10.4. The summed E-state index contributed by atoms with van der Waals surface area (Å²) < 4.78 is 6.23. The molecule has 0 bridgehead atoms. The van der Waals surface area contributed by atoms with Crippen LogP contribution in [0.4, 0.5) is 0 Å². The van der Waals surface area contributed by atoms with Gasteiger partial charge in [-0.25, -0.2) is 0 Å². The lowest BCUT2D eigenvalue weighted by molar-refractivity contribution is 0.367. The Balaban J connectivity index is 2.63. The van der Waals surface area contributed by atoms with Crippen LogP contribution >= 0.6 is 31.9 Å². The predicted octanol–water partition coefficient (Wildman–Crippen LogP) is 4.01. The molecule has 0 aliphatic rings. The topological polar surface area (TPSA) is 13.1 Å². The van der Waals surface area contributed by atoms with Gasteiger partial charge in [-0.2, -0.15) is 0 Å². The number of hydrogen-bond donors (Lipinski definition) is 0. The summed E-state index contributed by atoms with van der Waals surface area (Å²) in [5.41, 5.74) is 0.261. The van der Waals surface area contributed by atoms with Gasteiger partial charge in [-0.1, -0.05) is 29.8 Å². The minimum absolute atomic E-state index is 0.261. The summed E-state index contributed by atoms with van der Waals surface area (Å²) in [6.07, 6.45) is 0.962. The largest absolute Gasteiger partial charge is 0.454 e. The van der Waals surface area contributed by atoms with E-state index in [9.17, 15) is 0 Å². The molecule has 0 unspecified atom stereocenters. The normalized spacial score (nSPS) is 12.0. The highest BCUT2D eigenvalue weighted by Crippen LogP contribution is 2.26. The Morgan fingerprint density at radius 2 is 2.08 bits per heavy atom. The molecule has 0 saturated carbocycles. The second-order valence-electron chi connectivity index (χ2n) is 3.68. The minimum atomic E-state index is 0.261. The van der Waals surface area contributed by atoms with Gasteiger partial charge in [-0.05, 0) is 33.5 Å². The van der Waals surface area contributed by atoms with Crippen LogP contribution in [-0.2, 0) is 6.42 Å². The molecule has 0 aliphatic heterocycles. The van der Waals surface area contributed by atoms with E-state index in [1.807, 2.05) is 12.1 Å². The lowest BCUT2D eigenvalue weighted by Crippen LogP contribution is -2.15. The summed E-state index contributed by atoms with van der Waals surface area (Å²) in [5.74, 6) is 1.03. The van der Waals surface area contributed by atoms with Gasteiger partial charge in [0.25, 0.3) is 0 Å². The minimum Gasteiger partial charge on any atom is -0.454 e. The van der Waals surface area contributed by atoms with Crippen LogP contribution in [0.15, 0.2) is 21.2 Å². The molecule has 1 rings (SSSR count). The molecule has 0 atom stereocenters. The fourth-order valence-corrected chi connectivity index (χ4v) is 1.50. The van der Waals surface area contributed by atoms with Crippen LogP contribution in [0.3, 0.4) is 0 Å². The van der Waals surface area contributed by atoms with Crippen molar-refractivity contribution in [3.63, 3.8) is 0 Å². The molecule has 1 nitrogen and oxygen atoms in total. The second kappa shape index (κ2) is 3.97. The monoisotopic (exact) mass is 294 g/mol. The van der Waals surface area contributed by atoms with Gasteiger partial charge in [0.1, 0.15) is 5.76 Å². The van der Waals surface area contributed by atoms with Crippen LogP contribution < -0.4 is 0 Å². The van der Waals surface area contributed by atoms with Crippen molar-refractivity contribution in [3.8, 4) is 0 Å². The van der Waals surface area contributed by atoms with Gasteiger partial charge in [-0.3, -0.25) is 0 Å². The van der Waals surface area contributed by atoms with E-state index in [2.05, 4.69) is 45.7 Å². The fourth-order valence-electron chi connectivity index (χ4n) is 0.966. The molecular weight excluding hydrogens is 284 g/mol. The van der Waals surface area contributed by atoms with E-state index in [-0.39, 0.29) is 5.41 Å². The molecule has 1 aromatic rings. The van der Waals surface area contributed by atoms with Crippen molar-refractivity contribution < 1.29 is 4.42 Å². The predicted molar refractivity (Wildman–Crippen MR) is 57.7 cm³/mol. The standard InChI is InChI=1S/C9H12Br2O/c1-9(2,6-10)5-7-3-4-8(11)12-7/h3-4H,5-6H2,1-2H3. The average molecular weight is 296 g/mol. The summed E-state index contributed by atoms with van der Waals surface area (Å²) >= 11 is 6.76. The van der Waals surface area contributed by atoms with Crippen molar-refractivity contribution in [2.24, 2.45) is 5.41 Å². The molecule has 0 aromatic carbocycles. The fraction of sp³-hybridized carbons (Fsp3) is 0.556. The van der Waals surface area contributed by atoms with Gasteiger partial charge in [0, 0.05) is 11.8 Å². The van der Waals surface area contributed by atoms with Crippen LogP contribution in [0.1, 0.15) is 19.6 Å². The Kier molecular flexibility index (Phi) is 3.41. The van der Waals surface area contributed by atoms with E-state index >= 15 is 0 Å². The van der Waals surface area contributed by atoms with Gasteiger partial charge < -0.3 is 4.42 Å². The van der Waals surface area contributed by atoms with E-state index in [1.54, 1.807) is 0 Å². The van der Waals surface area contributed by atoms with Gasteiger partial charge in [0.15, 0.2) is 4.67 Å². The lowest BCUT2D eigenvalue weighted by Gasteiger charge is -2.19. The Hall–Kier alpha value is 0.240. The van der Waals surface area contributed by atoms with E-state index in [0.717, 1.165) is 22.2 Å². The molecule has 0 amide bonds. The van der Waals surface area contributed by atoms with E-state index in [1.165, 1.54) is 0 Å². The molecule has 1 aromatic heterocycles. The SMILES string of the molecule is CC(C)(CBr)Cc1ccc(Br)o1. The van der Waals surface area contributed by atoms with Crippen LogP contribution in [0.2, 0.25) is 0 Å². The smallest absolute Gasteiger partial charge is 0.169 e. The van der Waals surface area contributed by atoms with Crippen LogP contribution in [0.25, 0.3) is 0 Å². The first kappa shape index (κ1) is 10.3. The van der Waals surface area contributed by atoms with Crippen molar-refractivity contribution in [2.75, 3.05) is 5.33 Å². The summed E-state index contributed by atoms with van der Waals surface area (Å²) in [6, 6.07) is 3.94. The van der Waals surface area contributed by atoms with Crippen molar-refractivity contribution in [1.29, 1.82) is 0 Å². The van der Waals surface area contributed by atoms with Gasteiger partial charge in [0.2, 0.25) is 0 Å². The zero-order valence-electron chi connectivity index (χ0n) is 7.23. The molecule has 0 fully saturated rings. The highest BCUT2D eigenvalue weighted by molar-refractivity contribution is 9.10. The number of halogens is 2. The molecule has 0 spiro atoms. The third-order valence-electron chi connectivity index (χ3n) is 1.64. The summed E-state index contributed by atoms with van der Waals surface area (Å²) in [5, 5.41) is 0.984. The maximum Gasteiger partial charge on any atom is 0.169 e. The highest BCUT2D eigenvalue weighted by Gasteiger charge is 2.18. The number of rotatable bonds is 3. The summed E-state index contributed by atoms with van der Waals surface area (Å²) in [4.78, 5) is 0. The lowest BCUT2D eigenvalue weighted by atomic mass is 9.91. The zero-order chi connectivity index (χ0) is 9.19. The molecule has 68 valence electrons. The summed E-state index contributed by atoms with van der Waals surface area (Å²) in [7, 11) is 0. The molecule has 0 aliphatic carbocycles. The third kappa shape index (κ3) is 2.94. The average Bonchev–Trinajstić information content (AvgIpc) is 2.35. The maximum absolute atomic E-state index is 5.42. The third-order valence-corrected chi connectivity index (χ3v) is 3.59. The first-order chi connectivity index (χ1) is 5.53. The van der Waals surface area contributed by atoms with Crippen molar-refractivity contribution in [3.05, 3.63) is 22.6 Å². The quantitative estimate of drug-likeness (QED) is 0.768. The van der Waals surface area contributed by atoms with E-state index in [0.29, 0.717) is 0 Å². The molecular formula is C9H12Br2O. The second-order valence-corrected chi connectivity index (χ2v) is 5.02. The van der Waals surface area contributed by atoms with Crippen LogP contribution in [0, 0.1) is 5.41 Å². The first-order valence-electron chi connectivity index (χ1n) is 3.84. The number of furan rings is 1. The van der Waals surface area contributed by atoms with Crippen LogP contribution in [0.5, 0.6) is 0 Å². The van der Waals surface area contributed by atoms with Crippen molar-refractivity contribution >= 4 is 31.9 Å². The Bertz CT molecular complexity index is 253. The molecule has 3 heteroatoms. The Morgan fingerprint density at radius 1 is 1.42 bits per heavy atom. The Morgan fingerprint density at radius 3 is 2.50 bits per heavy atom. The van der Waals surface area contributed by atoms with Gasteiger partial charge in [0.05, 0.1) is 0 Å². The molecule has 0 N–H and O–H groups in total. The molecule has 12 heavy (non-hydrogen) atoms. The van der Waals surface area contributed by atoms with Crippen molar-refractivity contribution in [1.82, 2.24) is 0 Å². The highest BCUT2D eigenvalue weighted by atomic mass is 79.9. The van der Waals surface area contributed by atoms with Gasteiger partial charge >= 0.3 is 0 Å². The maximum atomic E-state index is 5.42. The van der Waals surface area contributed by atoms with E-state index < -0.39 is 0 Å². The Labute approximate surface area is 89.8 Å². The summed E-state index contributed by atoms with van der Waals surface area (Å²) in [6.45, 7) is 4.41.